The van der Waals surface area contributed by atoms with Gasteiger partial charge in [0.25, 0.3) is 0 Å². The first-order valence-corrected chi connectivity index (χ1v) is 6.93. The Balaban J connectivity index is 2.17. The van der Waals surface area contributed by atoms with E-state index in [4.69, 9.17) is 0 Å². The molecule has 0 saturated heterocycles. The van der Waals surface area contributed by atoms with Crippen molar-refractivity contribution in [3.63, 3.8) is 0 Å². The van der Waals surface area contributed by atoms with Gasteiger partial charge in [0, 0.05) is 23.7 Å². The molecule has 0 amide bonds. The molecule has 0 aliphatic rings. The zero-order chi connectivity index (χ0) is 13.8. The first kappa shape index (κ1) is 13.8. The first-order valence-electron chi connectivity index (χ1n) is 6.12. The Kier molecular flexibility index (Phi) is 4.39. The molecule has 1 unspecified atom stereocenters. The van der Waals surface area contributed by atoms with Crippen LogP contribution in [0.1, 0.15) is 25.6 Å². The van der Waals surface area contributed by atoms with Crippen molar-refractivity contribution in [3.8, 4) is 0 Å². The van der Waals surface area contributed by atoms with Crippen LogP contribution in [0.15, 0.2) is 33.2 Å². The molecule has 2 aromatic rings. The average molecular weight is 279 g/mol. The molecule has 2 aromatic heterocycles. The van der Waals surface area contributed by atoms with Gasteiger partial charge in [0.1, 0.15) is 0 Å². The molecule has 0 radical (unpaired) electrons. The molecule has 6 nitrogen and oxygen atoms in total. The second-order valence-corrected chi connectivity index (χ2v) is 5.13. The summed E-state index contributed by atoms with van der Waals surface area (Å²) < 4.78 is 1.59. The summed E-state index contributed by atoms with van der Waals surface area (Å²) in [7, 11) is 1.90. The van der Waals surface area contributed by atoms with Crippen LogP contribution >= 0.6 is 11.8 Å². The number of nitrogens with one attached hydrogen (secondary N) is 2. The van der Waals surface area contributed by atoms with Crippen LogP contribution in [0.3, 0.4) is 0 Å². The van der Waals surface area contributed by atoms with Crippen LogP contribution in [0.25, 0.3) is 0 Å². The van der Waals surface area contributed by atoms with Gasteiger partial charge in [-0.15, -0.1) is 5.10 Å². The van der Waals surface area contributed by atoms with E-state index in [1.165, 1.54) is 11.8 Å². The molecule has 2 rings (SSSR count). The SMILES string of the molecule is CCn1c(Sc2ccc(C(C)NC)nc2)n[nH]c1=O. The van der Waals surface area contributed by atoms with E-state index in [0.717, 1.165) is 10.6 Å². The summed E-state index contributed by atoms with van der Waals surface area (Å²) in [6.07, 6.45) is 1.80. The highest BCUT2D eigenvalue weighted by atomic mass is 32.2. The topological polar surface area (TPSA) is 75.6 Å². The van der Waals surface area contributed by atoms with Gasteiger partial charge < -0.3 is 5.32 Å². The highest BCUT2D eigenvalue weighted by Gasteiger charge is 2.09. The van der Waals surface area contributed by atoms with Crippen LogP contribution < -0.4 is 11.0 Å². The van der Waals surface area contributed by atoms with Crippen LogP contribution in [-0.4, -0.2) is 26.8 Å². The van der Waals surface area contributed by atoms with Gasteiger partial charge in [-0.1, -0.05) is 0 Å². The van der Waals surface area contributed by atoms with Gasteiger partial charge in [0.15, 0.2) is 5.16 Å². The van der Waals surface area contributed by atoms with Crippen LogP contribution in [0.2, 0.25) is 0 Å². The third kappa shape index (κ3) is 3.05. The number of pyridine rings is 1. The maximum atomic E-state index is 11.5. The number of aromatic nitrogens is 4. The van der Waals surface area contributed by atoms with Crippen molar-refractivity contribution in [2.45, 2.75) is 36.5 Å². The molecule has 0 bridgehead atoms. The Morgan fingerprint density at radius 3 is 2.89 bits per heavy atom. The van der Waals surface area contributed by atoms with Crippen molar-refractivity contribution >= 4 is 11.8 Å². The molecule has 19 heavy (non-hydrogen) atoms. The van der Waals surface area contributed by atoms with E-state index >= 15 is 0 Å². The number of hydrogen-bond donors (Lipinski definition) is 2. The van der Waals surface area contributed by atoms with Gasteiger partial charge >= 0.3 is 5.69 Å². The fraction of sp³-hybridized carbons (Fsp3) is 0.417. The third-order valence-corrected chi connectivity index (χ3v) is 3.86. The molecule has 2 heterocycles. The summed E-state index contributed by atoms with van der Waals surface area (Å²) >= 11 is 1.43. The highest BCUT2D eigenvalue weighted by molar-refractivity contribution is 7.99. The highest BCUT2D eigenvalue weighted by Crippen LogP contribution is 2.24. The quantitative estimate of drug-likeness (QED) is 0.865. The molecular weight excluding hydrogens is 262 g/mol. The smallest absolute Gasteiger partial charge is 0.312 e. The fourth-order valence-corrected chi connectivity index (χ4v) is 2.49. The van der Waals surface area contributed by atoms with Crippen molar-refractivity contribution in [2.24, 2.45) is 0 Å². The summed E-state index contributed by atoms with van der Waals surface area (Å²) in [5, 5.41) is 10.3. The molecule has 0 aliphatic carbocycles. The Morgan fingerprint density at radius 2 is 2.32 bits per heavy atom. The molecule has 2 N–H and O–H groups in total. The van der Waals surface area contributed by atoms with Gasteiger partial charge in [0.05, 0.1) is 5.69 Å². The minimum atomic E-state index is -0.182. The Hall–Kier alpha value is -1.60. The summed E-state index contributed by atoms with van der Waals surface area (Å²) in [6, 6.07) is 4.18. The van der Waals surface area contributed by atoms with Crippen LogP contribution in [0.4, 0.5) is 0 Å². The normalized spacial score (nSPS) is 12.6. The molecule has 0 aromatic carbocycles. The van der Waals surface area contributed by atoms with Crippen LogP contribution in [-0.2, 0) is 6.54 Å². The Labute approximate surface area is 115 Å². The van der Waals surface area contributed by atoms with E-state index < -0.39 is 0 Å². The number of H-pyrrole nitrogens is 1. The number of hydrogen-bond acceptors (Lipinski definition) is 5. The van der Waals surface area contributed by atoms with E-state index in [-0.39, 0.29) is 11.7 Å². The molecule has 0 spiro atoms. The lowest BCUT2D eigenvalue weighted by Crippen LogP contribution is -2.16. The predicted molar refractivity (Wildman–Crippen MR) is 74.4 cm³/mol. The maximum Gasteiger partial charge on any atom is 0.343 e. The molecule has 0 aliphatic heterocycles. The van der Waals surface area contributed by atoms with Crippen molar-refractivity contribution < 1.29 is 0 Å². The van der Waals surface area contributed by atoms with Crippen LogP contribution in [0.5, 0.6) is 0 Å². The number of nitrogens with zero attached hydrogens (tertiary/aromatic N) is 3. The van der Waals surface area contributed by atoms with Gasteiger partial charge in [0.2, 0.25) is 0 Å². The monoisotopic (exact) mass is 279 g/mol. The van der Waals surface area contributed by atoms with Crippen molar-refractivity contribution in [2.75, 3.05) is 7.05 Å². The molecule has 102 valence electrons. The van der Waals surface area contributed by atoms with Crippen molar-refractivity contribution in [3.05, 3.63) is 34.5 Å². The minimum Gasteiger partial charge on any atom is -0.312 e. The fourth-order valence-electron chi connectivity index (χ4n) is 1.62. The second-order valence-electron chi connectivity index (χ2n) is 4.09. The summed E-state index contributed by atoms with van der Waals surface area (Å²) in [5.74, 6) is 0. The summed E-state index contributed by atoms with van der Waals surface area (Å²) in [6.45, 7) is 4.56. The van der Waals surface area contributed by atoms with Crippen LogP contribution in [0, 0.1) is 0 Å². The summed E-state index contributed by atoms with van der Waals surface area (Å²) in [5.41, 5.74) is 0.806. The van der Waals surface area contributed by atoms with Crippen molar-refractivity contribution in [1.29, 1.82) is 0 Å². The largest absolute Gasteiger partial charge is 0.343 e. The molecule has 0 saturated carbocycles. The Bertz CT molecular complexity index is 589. The van der Waals surface area contributed by atoms with Gasteiger partial charge in [-0.2, -0.15) is 0 Å². The van der Waals surface area contributed by atoms with E-state index in [0.29, 0.717) is 11.7 Å². The lowest BCUT2D eigenvalue weighted by atomic mass is 10.2. The van der Waals surface area contributed by atoms with E-state index in [9.17, 15) is 4.79 Å². The average Bonchev–Trinajstić information content (AvgIpc) is 2.79. The third-order valence-electron chi connectivity index (χ3n) is 2.88. The lowest BCUT2D eigenvalue weighted by molar-refractivity contribution is 0.631. The maximum absolute atomic E-state index is 11.5. The first-order chi connectivity index (χ1) is 9.15. The predicted octanol–water partition coefficient (Wildman–Crippen LogP) is 1.42. The number of rotatable bonds is 5. The van der Waals surface area contributed by atoms with E-state index in [2.05, 4.69) is 27.4 Å². The lowest BCUT2D eigenvalue weighted by Gasteiger charge is -2.09. The molecule has 0 fully saturated rings. The van der Waals surface area contributed by atoms with Gasteiger partial charge in [-0.3, -0.25) is 9.55 Å². The molecule has 1 atom stereocenters. The van der Waals surface area contributed by atoms with E-state index in [1.807, 2.05) is 26.1 Å². The summed E-state index contributed by atoms with van der Waals surface area (Å²) in [4.78, 5) is 16.8. The van der Waals surface area contributed by atoms with E-state index in [1.54, 1.807) is 10.8 Å². The standard InChI is InChI=1S/C12H17N5OS/c1-4-17-11(18)15-16-12(17)19-9-5-6-10(14-7-9)8(2)13-3/h5-8,13H,4H2,1-3H3,(H,15,18). The van der Waals surface area contributed by atoms with Crippen molar-refractivity contribution in [1.82, 2.24) is 25.1 Å². The Morgan fingerprint density at radius 1 is 1.53 bits per heavy atom. The zero-order valence-electron chi connectivity index (χ0n) is 11.2. The zero-order valence-corrected chi connectivity index (χ0v) is 12.0. The van der Waals surface area contributed by atoms with Gasteiger partial charge in [-0.25, -0.2) is 9.89 Å². The minimum absolute atomic E-state index is 0.182. The second kappa shape index (κ2) is 6.03. The molecule has 7 heteroatoms. The van der Waals surface area contributed by atoms with Gasteiger partial charge in [-0.05, 0) is 44.8 Å². The molecular formula is C12H17N5OS. The number of aromatic amines is 1.